The van der Waals surface area contributed by atoms with Crippen LogP contribution in [-0.2, 0) is 6.54 Å². The summed E-state index contributed by atoms with van der Waals surface area (Å²) in [5.74, 6) is 0.269. The summed E-state index contributed by atoms with van der Waals surface area (Å²) in [6.07, 6.45) is -1.49. The van der Waals surface area contributed by atoms with E-state index in [9.17, 15) is 8.78 Å². The van der Waals surface area contributed by atoms with Crippen molar-refractivity contribution >= 4 is 15.9 Å². The van der Waals surface area contributed by atoms with E-state index in [1.54, 1.807) is 0 Å². The highest BCUT2D eigenvalue weighted by Crippen LogP contribution is 2.35. The predicted molar refractivity (Wildman–Crippen MR) is 51.3 cm³/mol. The van der Waals surface area contributed by atoms with Crippen molar-refractivity contribution in [3.8, 4) is 5.75 Å². The summed E-state index contributed by atoms with van der Waals surface area (Å²) in [4.78, 5) is 3.79. The third kappa shape index (κ3) is 2.01. The fourth-order valence-electron chi connectivity index (χ4n) is 1.03. The minimum absolute atomic E-state index is 0.144. The van der Waals surface area contributed by atoms with Gasteiger partial charge < -0.3 is 10.5 Å². The van der Waals surface area contributed by atoms with Crippen molar-refractivity contribution < 1.29 is 13.5 Å². The largest absolute Gasteiger partial charge is 0.494 e. The number of hydrogen-bond donors (Lipinski definition) is 1. The monoisotopic (exact) mass is 266 g/mol. The minimum atomic E-state index is -2.59. The molecule has 0 bridgehead atoms. The Labute approximate surface area is 88.4 Å². The maximum absolute atomic E-state index is 12.4. The highest BCUT2D eigenvalue weighted by molar-refractivity contribution is 9.10. The molecule has 0 saturated carbocycles. The van der Waals surface area contributed by atoms with E-state index in [2.05, 4.69) is 20.9 Å². The quantitative estimate of drug-likeness (QED) is 0.913. The van der Waals surface area contributed by atoms with Gasteiger partial charge in [0, 0.05) is 12.7 Å². The molecule has 1 aromatic rings. The van der Waals surface area contributed by atoms with Gasteiger partial charge in [-0.1, -0.05) is 0 Å². The number of nitrogens with two attached hydrogens (primary N) is 1. The van der Waals surface area contributed by atoms with Crippen LogP contribution in [0.25, 0.3) is 0 Å². The Balaban J connectivity index is 3.27. The Morgan fingerprint density at radius 3 is 2.71 bits per heavy atom. The summed E-state index contributed by atoms with van der Waals surface area (Å²) in [7, 11) is 1.39. The lowest BCUT2D eigenvalue weighted by atomic mass is 10.2. The standard InChI is InChI=1S/C8H9BrF2N2O/c1-14-7-5(2-12)13-3-4(6(7)9)8(10)11/h3,8H,2,12H2,1H3. The van der Waals surface area contributed by atoms with Crippen LogP contribution >= 0.6 is 15.9 Å². The van der Waals surface area contributed by atoms with Crippen molar-refractivity contribution in [1.29, 1.82) is 0 Å². The smallest absolute Gasteiger partial charge is 0.266 e. The van der Waals surface area contributed by atoms with Crippen molar-refractivity contribution in [2.24, 2.45) is 5.73 Å². The van der Waals surface area contributed by atoms with E-state index in [0.29, 0.717) is 5.69 Å². The number of pyridine rings is 1. The molecule has 0 fully saturated rings. The summed E-state index contributed by atoms with van der Waals surface area (Å²) in [5, 5.41) is 0. The van der Waals surface area contributed by atoms with Gasteiger partial charge in [-0.3, -0.25) is 4.98 Å². The van der Waals surface area contributed by atoms with Crippen LogP contribution in [0.4, 0.5) is 8.78 Å². The Morgan fingerprint density at radius 1 is 1.64 bits per heavy atom. The average molecular weight is 267 g/mol. The molecular formula is C8H9BrF2N2O. The normalized spacial score (nSPS) is 10.7. The van der Waals surface area contributed by atoms with Crippen molar-refractivity contribution in [2.45, 2.75) is 13.0 Å². The van der Waals surface area contributed by atoms with E-state index in [0.717, 1.165) is 6.20 Å². The molecule has 78 valence electrons. The fraction of sp³-hybridized carbons (Fsp3) is 0.375. The molecule has 0 aromatic carbocycles. The molecule has 1 rings (SSSR count). The van der Waals surface area contributed by atoms with Crippen LogP contribution in [0.1, 0.15) is 17.7 Å². The molecule has 0 amide bonds. The summed E-state index contributed by atoms with van der Waals surface area (Å²) in [6.45, 7) is 0.144. The van der Waals surface area contributed by atoms with Crippen LogP contribution in [-0.4, -0.2) is 12.1 Å². The first-order valence-electron chi connectivity index (χ1n) is 3.81. The molecular weight excluding hydrogens is 258 g/mol. The van der Waals surface area contributed by atoms with Gasteiger partial charge >= 0.3 is 0 Å². The summed E-state index contributed by atoms with van der Waals surface area (Å²) in [6, 6.07) is 0. The third-order valence-electron chi connectivity index (χ3n) is 1.71. The van der Waals surface area contributed by atoms with Crippen LogP contribution in [0.3, 0.4) is 0 Å². The van der Waals surface area contributed by atoms with Crippen LogP contribution in [0.15, 0.2) is 10.7 Å². The van der Waals surface area contributed by atoms with Gasteiger partial charge in [0.1, 0.15) is 0 Å². The Bertz CT molecular complexity index is 333. The second-order valence-electron chi connectivity index (χ2n) is 2.51. The number of nitrogens with zero attached hydrogens (tertiary/aromatic N) is 1. The van der Waals surface area contributed by atoms with Gasteiger partial charge in [-0.05, 0) is 15.9 Å². The van der Waals surface area contributed by atoms with Gasteiger partial charge in [-0.25, -0.2) is 8.78 Å². The highest BCUT2D eigenvalue weighted by atomic mass is 79.9. The Kier molecular flexibility index (Phi) is 3.77. The third-order valence-corrected chi connectivity index (χ3v) is 2.52. The summed E-state index contributed by atoms with van der Waals surface area (Å²) >= 11 is 3.03. The number of halogens is 3. The minimum Gasteiger partial charge on any atom is -0.494 e. The molecule has 0 atom stereocenters. The maximum Gasteiger partial charge on any atom is 0.266 e. The fourth-order valence-corrected chi connectivity index (χ4v) is 1.69. The number of hydrogen-bond acceptors (Lipinski definition) is 3. The zero-order valence-electron chi connectivity index (χ0n) is 7.43. The molecule has 0 aliphatic heterocycles. The van der Waals surface area contributed by atoms with Crippen LogP contribution in [0.5, 0.6) is 5.75 Å². The lowest BCUT2D eigenvalue weighted by Gasteiger charge is -2.11. The summed E-state index contributed by atoms with van der Waals surface area (Å²) < 4.78 is 30.0. The van der Waals surface area contributed by atoms with E-state index in [1.165, 1.54) is 7.11 Å². The average Bonchev–Trinajstić information content (AvgIpc) is 2.16. The number of methoxy groups -OCH3 is 1. The van der Waals surface area contributed by atoms with Gasteiger partial charge in [0.2, 0.25) is 0 Å². The molecule has 0 radical (unpaired) electrons. The highest BCUT2D eigenvalue weighted by Gasteiger charge is 2.18. The van der Waals surface area contributed by atoms with Crippen molar-refractivity contribution in [1.82, 2.24) is 4.98 Å². The lowest BCUT2D eigenvalue weighted by Crippen LogP contribution is -2.05. The number of rotatable bonds is 3. The van der Waals surface area contributed by atoms with Crippen LogP contribution in [0.2, 0.25) is 0 Å². The zero-order valence-corrected chi connectivity index (χ0v) is 9.01. The topological polar surface area (TPSA) is 48.1 Å². The number of aromatic nitrogens is 1. The van der Waals surface area contributed by atoms with Gasteiger partial charge in [-0.2, -0.15) is 0 Å². The summed E-state index contributed by atoms with van der Waals surface area (Å²) in [5.41, 5.74) is 5.62. The first-order valence-corrected chi connectivity index (χ1v) is 4.60. The molecule has 0 unspecified atom stereocenters. The maximum atomic E-state index is 12.4. The second-order valence-corrected chi connectivity index (χ2v) is 3.31. The van der Waals surface area contributed by atoms with Gasteiger partial charge in [0.05, 0.1) is 22.8 Å². The van der Waals surface area contributed by atoms with Crippen molar-refractivity contribution in [3.63, 3.8) is 0 Å². The molecule has 2 N–H and O–H groups in total. The molecule has 0 aliphatic rings. The van der Waals surface area contributed by atoms with E-state index >= 15 is 0 Å². The Morgan fingerprint density at radius 2 is 2.29 bits per heavy atom. The van der Waals surface area contributed by atoms with Gasteiger partial charge in [-0.15, -0.1) is 0 Å². The molecule has 1 heterocycles. The Hall–Kier alpha value is -0.750. The molecule has 1 aromatic heterocycles. The van der Waals surface area contributed by atoms with E-state index < -0.39 is 6.43 Å². The van der Waals surface area contributed by atoms with Crippen LogP contribution in [0, 0.1) is 0 Å². The predicted octanol–water partition coefficient (Wildman–Crippen LogP) is 2.25. The van der Waals surface area contributed by atoms with Crippen molar-refractivity contribution in [2.75, 3.05) is 7.11 Å². The molecule has 0 saturated heterocycles. The lowest BCUT2D eigenvalue weighted by molar-refractivity contribution is 0.149. The van der Waals surface area contributed by atoms with Crippen molar-refractivity contribution in [3.05, 3.63) is 21.9 Å². The molecule has 6 heteroatoms. The first-order chi connectivity index (χ1) is 6.61. The van der Waals surface area contributed by atoms with E-state index in [-0.39, 0.29) is 22.3 Å². The number of ether oxygens (including phenoxy) is 1. The zero-order chi connectivity index (χ0) is 10.7. The molecule has 0 aliphatic carbocycles. The second kappa shape index (κ2) is 4.65. The van der Waals surface area contributed by atoms with E-state index in [1.807, 2.05) is 0 Å². The van der Waals surface area contributed by atoms with E-state index in [4.69, 9.17) is 10.5 Å². The first kappa shape index (κ1) is 11.3. The molecule has 3 nitrogen and oxygen atoms in total. The SMILES string of the molecule is COc1c(CN)ncc(C(F)F)c1Br. The van der Waals surface area contributed by atoms with Gasteiger partial charge in [0.15, 0.2) is 5.75 Å². The van der Waals surface area contributed by atoms with Crippen LogP contribution < -0.4 is 10.5 Å². The molecule has 14 heavy (non-hydrogen) atoms. The van der Waals surface area contributed by atoms with Gasteiger partial charge in [0.25, 0.3) is 6.43 Å². The number of alkyl halides is 2. The molecule has 0 spiro atoms.